The molecule has 1 unspecified atom stereocenters. The highest BCUT2D eigenvalue weighted by atomic mass is 16.1. The molecule has 0 saturated carbocycles. The Labute approximate surface area is 94.8 Å². The number of hydrogen-bond acceptors (Lipinski definition) is 2. The zero-order chi connectivity index (χ0) is 11.0. The summed E-state index contributed by atoms with van der Waals surface area (Å²) in [4.78, 5) is 17.6. The van der Waals surface area contributed by atoms with Crippen LogP contribution >= 0.6 is 0 Å². The Hall–Kier alpha value is -1.64. The van der Waals surface area contributed by atoms with E-state index in [1.807, 2.05) is 6.07 Å². The molecule has 0 spiro atoms. The van der Waals surface area contributed by atoms with Gasteiger partial charge in [-0.05, 0) is 5.56 Å². The van der Waals surface area contributed by atoms with Crippen LogP contribution < -0.4 is 0 Å². The van der Waals surface area contributed by atoms with Gasteiger partial charge in [0.1, 0.15) is 5.84 Å². The van der Waals surface area contributed by atoms with Gasteiger partial charge in [-0.2, -0.15) is 0 Å². The fourth-order valence-corrected chi connectivity index (χ4v) is 2.50. The first-order valence-corrected chi connectivity index (χ1v) is 5.73. The Morgan fingerprint density at radius 1 is 1.25 bits per heavy atom. The lowest BCUT2D eigenvalue weighted by Gasteiger charge is -2.21. The molecule has 0 aliphatic carbocycles. The number of aliphatic imine (C=N–C) groups is 1. The second-order valence-corrected chi connectivity index (χ2v) is 4.43. The van der Waals surface area contributed by atoms with Crippen molar-refractivity contribution >= 4 is 11.7 Å². The highest BCUT2D eigenvalue weighted by molar-refractivity contribution is 5.98. The molecule has 0 bridgehead atoms. The number of nitrogens with zero attached hydrogens (tertiary/aromatic N) is 2. The Bertz CT molecular complexity index is 439. The number of rotatable bonds is 1. The molecule has 0 N–H and O–H groups in total. The SMILES string of the molecule is O=C1CCN2CC(c3ccccc3)CC2=N1. The number of fused-ring (bicyclic) bond motifs is 1. The van der Waals surface area contributed by atoms with Crippen LogP contribution in [0.15, 0.2) is 35.3 Å². The maximum Gasteiger partial charge on any atom is 0.249 e. The average molecular weight is 214 g/mol. The lowest BCUT2D eigenvalue weighted by molar-refractivity contribution is -0.118. The fourth-order valence-electron chi connectivity index (χ4n) is 2.50. The minimum atomic E-state index is 0.0416. The van der Waals surface area contributed by atoms with Crippen LogP contribution in [0.4, 0.5) is 0 Å². The summed E-state index contributed by atoms with van der Waals surface area (Å²) < 4.78 is 0. The number of carbonyl (C=O) groups excluding carboxylic acids is 1. The zero-order valence-corrected chi connectivity index (χ0v) is 9.10. The smallest absolute Gasteiger partial charge is 0.249 e. The van der Waals surface area contributed by atoms with Crippen LogP contribution in [0.1, 0.15) is 24.3 Å². The normalized spacial score (nSPS) is 24.2. The zero-order valence-electron chi connectivity index (χ0n) is 9.10. The fraction of sp³-hybridized carbons (Fsp3) is 0.385. The maximum absolute atomic E-state index is 11.2. The van der Waals surface area contributed by atoms with Crippen LogP contribution in [0, 0.1) is 0 Å². The molecule has 1 aromatic rings. The van der Waals surface area contributed by atoms with Gasteiger partial charge in [0.2, 0.25) is 5.91 Å². The number of hydrogen-bond donors (Lipinski definition) is 0. The quantitative estimate of drug-likeness (QED) is 0.714. The minimum Gasteiger partial charge on any atom is -0.359 e. The van der Waals surface area contributed by atoms with Gasteiger partial charge < -0.3 is 4.90 Å². The molecule has 2 aliphatic rings. The Balaban J connectivity index is 1.84. The number of benzene rings is 1. The highest BCUT2D eigenvalue weighted by Gasteiger charge is 2.31. The monoisotopic (exact) mass is 214 g/mol. The predicted octanol–water partition coefficient (Wildman–Crippen LogP) is 1.80. The van der Waals surface area contributed by atoms with Crippen molar-refractivity contribution in [2.75, 3.05) is 13.1 Å². The summed E-state index contributed by atoms with van der Waals surface area (Å²) in [6.07, 6.45) is 1.49. The van der Waals surface area contributed by atoms with E-state index in [2.05, 4.69) is 34.2 Å². The van der Waals surface area contributed by atoms with Crippen molar-refractivity contribution < 1.29 is 4.79 Å². The van der Waals surface area contributed by atoms with Gasteiger partial charge in [-0.3, -0.25) is 4.79 Å². The molecule has 3 heteroatoms. The van der Waals surface area contributed by atoms with Crippen LogP contribution in [-0.2, 0) is 4.79 Å². The highest BCUT2D eigenvalue weighted by Crippen LogP contribution is 2.30. The van der Waals surface area contributed by atoms with Gasteiger partial charge in [-0.15, -0.1) is 0 Å². The van der Waals surface area contributed by atoms with E-state index in [0.29, 0.717) is 12.3 Å². The van der Waals surface area contributed by atoms with Crippen molar-refractivity contribution in [3.05, 3.63) is 35.9 Å². The Morgan fingerprint density at radius 3 is 2.88 bits per heavy atom. The third-order valence-corrected chi connectivity index (χ3v) is 3.36. The van der Waals surface area contributed by atoms with Gasteiger partial charge in [-0.25, -0.2) is 4.99 Å². The van der Waals surface area contributed by atoms with E-state index < -0.39 is 0 Å². The van der Waals surface area contributed by atoms with Crippen molar-refractivity contribution in [2.45, 2.75) is 18.8 Å². The van der Waals surface area contributed by atoms with Gasteiger partial charge in [0.25, 0.3) is 0 Å². The van der Waals surface area contributed by atoms with Gasteiger partial charge in [0.05, 0.1) is 0 Å². The minimum absolute atomic E-state index is 0.0416. The van der Waals surface area contributed by atoms with Crippen molar-refractivity contribution in [1.29, 1.82) is 0 Å². The number of amidine groups is 1. The first-order chi connectivity index (χ1) is 7.83. The van der Waals surface area contributed by atoms with Gasteiger partial charge >= 0.3 is 0 Å². The standard InChI is InChI=1S/C13H14N2O/c16-13-6-7-15-9-11(8-12(15)14-13)10-4-2-1-3-5-10/h1-5,11H,6-9H2. The summed E-state index contributed by atoms with van der Waals surface area (Å²) >= 11 is 0. The van der Waals surface area contributed by atoms with E-state index in [4.69, 9.17) is 0 Å². The van der Waals surface area contributed by atoms with Crippen LogP contribution in [0.5, 0.6) is 0 Å². The number of amides is 1. The maximum atomic E-state index is 11.2. The lowest BCUT2D eigenvalue weighted by Crippen LogP contribution is -2.32. The summed E-state index contributed by atoms with van der Waals surface area (Å²) in [5, 5.41) is 0. The van der Waals surface area contributed by atoms with Crippen LogP contribution in [0.2, 0.25) is 0 Å². The Morgan fingerprint density at radius 2 is 2.06 bits per heavy atom. The number of carbonyl (C=O) groups is 1. The Kier molecular flexibility index (Phi) is 2.24. The van der Waals surface area contributed by atoms with E-state index in [0.717, 1.165) is 25.3 Å². The van der Waals surface area contributed by atoms with E-state index in [-0.39, 0.29) is 5.91 Å². The van der Waals surface area contributed by atoms with Gasteiger partial charge in [0.15, 0.2) is 0 Å². The van der Waals surface area contributed by atoms with Crippen molar-refractivity contribution in [3.8, 4) is 0 Å². The molecule has 1 saturated heterocycles. The molecule has 82 valence electrons. The lowest BCUT2D eigenvalue weighted by atomic mass is 9.98. The second kappa shape index (κ2) is 3.74. The molecular weight excluding hydrogens is 200 g/mol. The van der Waals surface area contributed by atoms with Crippen LogP contribution in [-0.4, -0.2) is 29.7 Å². The van der Waals surface area contributed by atoms with Crippen LogP contribution in [0.3, 0.4) is 0 Å². The molecule has 3 nitrogen and oxygen atoms in total. The molecule has 16 heavy (non-hydrogen) atoms. The van der Waals surface area contributed by atoms with E-state index in [1.54, 1.807) is 0 Å². The predicted molar refractivity (Wildman–Crippen MR) is 62.4 cm³/mol. The summed E-state index contributed by atoms with van der Waals surface area (Å²) in [5.74, 6) is 1.54. The van der Waals surface area contributed by atoms with E-state index in [1.165, 1.54) is 5.56 Å². The average Bonchev–Trinajstić information content (AvgIpc) is 2.73. The molecule has 3 rings (SSSR count). The topological polar surface area (TPSA) is 32.7 Å². The van der Waals surface area contributed by atoms with E-state index >= 15 is 0 Å². The van der Waals surface area contributed by atoms with E-state index in [9.17, 15) is 4.79 Å². The second-order valence-electron chi connectivity index (χ2n) is 4.43. The first-order valence-electron chi connectivity index (χ1n) is 5.73. The molecule has 1 aromatic carbocycles. The van der Waals surface area contributed by atoms with Gasteiger partial charge in [-0.1, -0.05) is 30.3 Å². The molecule has 1 fully saturated rings. The summed E-state index contributed by atoms with van der Waals surface area (Å²) in [5.41, 5.74) is 1.35. The van der Waals surface area contributed by atoms with Gasteiger partial charge in [0, 0.05) is 31.8 Å². The molecule has 0 radical (unpaired) electrons. The third-order valence-electron chi connectivity index (χ3n) is 3.36. The van der Waals surface area contributed by atoms with Crippen molar-refractivity contribution in [3.63, 3.8) is 0 Å². The summed E-state index contributed by atoms with van der Waals surface area (Å²) in [6.45, 7) is 1.86. The molecular formula is C13H14N2O. The third kappa shape index (κ3) is 1.62. The molecule has 1 amide bonds. The molecule has 2 heterocycles. The van der Waals surface area contributed by atoms with Crippen LogP contribution in [0.25, 0.3) is 0 Å². The summed E-state index contributed by atoms with van der Waals surface area (Å²) in [6, 6.07) is 10.5. The molecule has 0 aromatic heterocycles. The molecule has 2 aliphatic heterocycles. The largest absolute Gasteiger partial charge is 0.359 e. The van der Waals surface area contributed by atoms with Crippen molar-refractivity contribution in [2.24, 2.45) is 4.99 Å². The molecule has 1 atom stereocenters. The summed E-state index contributed by atoms with van der Waals surface area (Å²) in [7, 11) is 0. The van der Waals surface area contributed by atoms with Crippen molar-refractivity contribution in [1.82, 2.24) is 4.90 Å². The first kappa shape index (κ1) is 9.58.